The van der Waals surface area contributed by atoms with E-state index in [1.165, 1.54) is 0 Å². The van der Waals surface area contributed by atoms with E-state index in [4.69, 9.17) is 10.5 Å². The third-order valence-corrected chi connectivity index (χ3v) is 2.95. The van der Waals surface area contributed by atoms with E-state index in [0.717, 1.165) is 5.75 Å². The Morgan fingerprint density at radius 3 is 2.17 bits per heavy atom. The van der Waals surface area contributed by atoms with Crippen LogP contribution in [0.4, 0.5) is 5.69 Å². The summed E-state index contributed by atoms with van der Waals surface area (Å²) in [5.74, 6) is 0.133. The van der Waals surface area contributed by atoms with E-state index in [1.54, 1.807) is 24.3 Å². The minimum absolute atomic E-state index is 0. The topological polar surface area (TPSA) is 93.5 Å². The standard InChI is InChI=1S/C16H25N3O3.ClH/c1-10(2)15(17)16(21)18-9-14(20)19-12-5-7-13(8-6-12)22-11(3)4;/h5-8,10-11,15H,9,17H2,1-4H3,(H,18,21)(H,19,20);1H/t15-;/m0./s1. The maximum absolute atomic E-state index is 11.8. The lowest BCUT2D eigenvalue weighted by atomic mass is 10.1. The molecule has 0 aliphatic rings. The zero-order valence-corrected chi connectivity index (χ0v) is 14.8. The number of carbonyl (C=O) groups excluding carboxylic acids is 2. The number of hydrogen-bond acceptors (Lipinski definition) is 4. The lowest BCUT2D eigenvalue weighted by molar-refractivity contribution is -0.125. The number of nitrogens with one attached hydrogen (secondary N) is 2. The molecular weight excluding hydrogens is 318 g/mol. The minimum Gasteiger partial charge on any atom is -0.491 e. The Morgan fingerprint density at radius 1 is 1.13 bits per heavy atom. The normalized spacial score (nSPS) is 11.6. The van der Waals surface area contributed by atoms with Gasteiger partial charge in [-0.05, 0) is 44.0 Å². The fourth-order valence-corrected chi connectivity index (χ4v) is 1.68. The Morgan fingerprint density at radius 2 is 1.70 bits per heavy atom. The summed E-state index contributed by atoms with van der Waals surface area (Å²) in [4.78, 5) is 23.4. The van der Waals surface area contributed by atoms with Crippen LogP contribution in [0.25, 0.3) is 0 Å². The molecule has 1 rings (SSSR count). The Balaban J connectivity index is 0.00000484. The number of carbonyl (C=O) groups is 2. The van der Waals surface area contributed by atoms with Crippen molar-refractivity contribution >= 4 is 29.9 Å². The van der Waals surface area contributed by atoms with Gasteiger partial charge in [0.25, 0.3) is 0 Å². The highest BCUT2D eigenvalue weighted by Crippen LogP contribution is 2.16. The molecule has 0 saturated heterocycles. The highest BCUT2D eigenvalue weighted by Gasteiger charge is 2.17. The van der Waals surface area contributed by atoms with Crippen LogP contribution in [0, 0.1) is 5.92 Å². The van der Waals surface area contributed by atoms with Gasteiger partial charge in [0.05, 0.1) is 18.7 Å². The average Bonchev–Trinajstić information content (AvgIpc) is 2.45. The van der Waals surface area contributed by atoms with Gasteiger partial charge in [0.1, 0.15) is 5.75 Å². The summed E-state index contributed by atoms with van der Waals surface area (Å²) in [6.07, 6.45) is 0.0980. The molecule has 23 heavy (non-hydrogen) atoms. The summed E-state index contributed by atoms with van der Waals surface area (Å²) in [5.41, 5.74) is 6.34. The fraction of sp³-hybridized carbons (Fsp3) is 0.500. The molecule has 0 heterocycles. The molecule has 0 aliphatic heterocycles. The maximum atomic E-state index is 11.8. The molecule has 7 heteroatoms. The molecule has 0 fully saturated rings. The van der Waals surface area contributed by atoms with Crippen LogP contribution in [0.3, 0.4) is 0 Å². The van der Waals surface area contributed by atoms with Crippen molar-refractivity contribution in [2.75, 3.05) is 11.9 Å². The van der Waals surface area contributed by atoms with Crippen LogP contribution in [0.15, 0.2) is 24.3 Å². The summed E-state index contributed by atoms with van der Waals surface area (Å²) in [6, 6.07) is 6.45. The Hall–Kier alpha value is -1.79. The van der Waals surface area contributed by atoms with Crippen LogP contribution in [-0.4, -0.2) is 30.5 Å². The van der Waals surface area contributed by atoms with Gasteiger partial charge in [-0.1, -0.05) is 13.8 Å². The van der Waals surface area contributed by atoms with Gasteiger partial charge >= 0.3 is 0 Å². The number of nitrogens with two attached hydrogens (primary N) is 1. The van der Waals surface area contributed by atoms with Gasteiger partial charge in [-0.15, -0.1) is 12.4 Å². The Labute approximate surface area is 143 Å². The van der Waals surface area contributed by atoms with Crippen LogP contribution in [0.2, 0.25) is 0 Å². The molecule has 1 atom stereocenters. The summed E-state index contributed by atoms with van der Waals surface area (Å²) in [6.45, 7) is 7.49. The lowest BCUT2D eigenvalue weighted by Gasteiger charge is -2.15. The van der Waals surface area contributed by atoms with Crippen LogP contribution >= 0.6 is 12.4 Å². The second kappa shape index (κ2) is 10.1. The second-order valence-electron chi connectivity index (χ2n) is 5.73. The maximum Gasteiger partial charge on any atom is 0.243 e. The van der Waals surface area contributed by atoms with Gasteiger partial charge in [0.15, 0.2) is 0 Å². The Kier molecular flexibility index (Phi) is 9.29. The molecule has 130 valence electrons. The second-order valence-corrected chi connectivity index (χ2v) is 5.73. The molecule has 4 N–H and O–H groups in total. The first-order valence-electron chi connectivity index (χ1n) is 7.39. The molecule has 2 amide bonds. The third-order valence-electron chi connectivity index (χ3n) is 2.95. The first kappa shape index (κ1) is 21.2. The largest absolute Gasteiger partial charge is 0.491 e. The van der Waals surface area contributed by atoms with Crippen LogP contribution < -0.4 is 21.1 Å². The minimum atomic E-state index is -0.611. The molecule has 0 bridgehead atoms. The van der Waals surface area contributed by atoms with Crippen LogP contribution in [0.1, 0.15) is 27.7 Å². The first-order chi connectivity index (χ1) is 10.3. The quantitative estimate of drug-likeness (QED) is 0.705. The molecule has 0 spiro atoms. The van der Waals surface area contributed by atoms with Crippen molar-refractivity contribution in [2.45, 2.75) is 39.8 Å². The smallest absolute Gasteiger partial charge is 0.243 e. The van der Waals surface area contributed by atoms with E-state index < -0.39 is 6.04 Å². The molecule has 0 aliphatic carbocycles. The molecule has 6 nitrogen and oxygen atoms in total. The van der Waals surface area contributed by atoms with Gasteiger partial charge in [0.2, 0.25) is 11.8 Å². The van der Waals surface area contributed by atoms with E-state index in [9.17, 15) is 9.59 Å². The third kappa shape index (κ3) is 7.85. The number of benzene rings is 1. The number of ether oxygens (including phenoxy) is 1. The summed E-state index contributed by atoms with van der Waals surface area (Å²) in [5, 5.41) is 5.22. The lowest BCUT2D eigenvalue weighted by Crippen LogP contribution is -2.46. The van der Waals surface area contributed by atoms with Crippen molar-refractivity contribution in [1.82, 2.24) is 5.32 Å². The van der Waals surface area contributed by atoms with Crippen molar-refractivity contribution in [1.29, 1.82) is 0 Å². The van der Waals surface area contributed by atoms with Gasteiger partial charge in [-0.25, -0.2) is 0 Å². The van der Waals surface area contributed by atoms with Gasteiger partial charge in [-0.2, -0.15) is 0 Å². The van der Waals surface area contributed by atoms with E-state index in [2.05, 4.69) is 10.6 Å². The van der Waals surface area contributed by atoms with Crippen molar-refractivity contribution < 1.29 is 14.3 Å². The molecule has 0 saturated carbocycles. The summed E-state index contributed by atoms with van der Waals surface area (Å²) in [7, 11) is 0. The molecule has 0 aromatic heterocycles. The average molecular weight is 344 g/mol. The fourth-order valence-electron chi connectivity index (χ4n) is 1.68. The van der Waals surface area contributed by atoms with Gasteiger partial charge < -0.3 is 21.1 Å². The Bertz CT molecular complexity index is 504. The van der Waals surface area contributed by atoms with E-state index in [-0.39, 0.29) is 42.8 Å². The zero-order valence-electron chi connectivity index (χ0n) is 14.0. The van der Waals surface area contributed by atoms with Crippen LogP contribution in [0.5, 0.6) is 5.75 Å². The predicted octanol–water partition coefficient (Wildman–Crippen LogP) is 1.93. The highest BCUT2D eigenvalue weighted by atomic mass is 35.5. The number of hydrogen-bond donors (Lipinski definition) is 3. The van der Waals surface area contributed by atoms with Crippen molar-refractivity contribution in [3.8, 4) is 5.75 Å². The molecule has 0 unspecified atom stereocenters. The summed E-state index contributed by atoms with van der Waals surface area (Å²) >= 11 is 0. The van der Waals surface area contributed by atoms with Crippen molar-refractivity contribution in [2.24, 2.45) is 11.7 Å². The predicted molar refractivity (Wildman–Crippen MR) is 93.9 cm³/mol. The first-order valence-corrected chi connectivity index (χ1v) is 7.39. The van der Waals surface area contributed by atoms with Crippen LogP contribution in [-0.2, 0) is 9.59 Å². The monoisotopic (exact) mass is 343 g/mol. The number of amides is 2. The number of rotatable bonds is 7. The van der Waals surface area contributed by atoms with Crippen molar-refractivity contribution in [3.63, 3.8) is 0 Å². The molecule has 1 aromatic carbocycles. The van der Waals surface area contributed by atoms with Crippen molar-refractivity contribution in [3.05, 3.63) is 24.3 Å². The van der Waals surface area contributed by atoms with Gasteiger partial charge in [-0.3, -0.25) is 9.59 Å². The van der Waals surface area contributed by atoms with E-state index >= 15 is 0 Å². The highest BCUT2D eigenvalue weighted by molar-refractivity contribution is 5.95. The van der Waals surface area contributed by atoms with E-state index in [0.29, 0.717) is 5.69 Å². The molecular formula is C16H26ClN3O3. The van der Waals surface area contributed by atoms with Gasteiger partial charge in [0, 0.05) is 5.69 Å². The number of anilines is 1. The number of halogens is 1. The molecule has 0 radical (unpaired) electrons. The van der Waals surface area contributed by atoms with E-state index in [1.807, 2.05) is 27.7 Å². The molecule has 1 aromatic rings. The SMILES string of the molecule is CC(C)Oc1ccc(NC(=O)CNC(=O)[C@@H](N)C(C)C)cc1.Cl. The summed E-state index contributed by atoms with van der Waals surface area (Å²) < 4.78 is 5.52. The zero-order chi connectivity index (χ0) is 16.7.